The van der Waals surface area contributed by atoms with Crippen molar-refractivity contribution in [3.05, 3.63) is 29.6 Å². The van der Waals surface area contributed by atoms with Crippen LogP contribution in [0.15, 0.2) is 18.2 Å². The number of esters is 1. The van der Waals surface area contributed by atoms with E-state index in [1.54, 1.807) is 0 Å². The Morgan fingerprint density at radius 3 is 2.62 bits per heavy atom. The molecule has 8 heteroatoms. The molecule has 0 saturated heterocycles. The molecule has 0 radical (unpaired) electrons. The normalized spacial score (nSPS) is 11.5. The molecule has 1 aromatic rings. The first kappa shape index (κ1) is 16.4. The first-order valence-corrected chi connectivity index (χ1v) is 6.00. The Morgan fingerprint density at radius 1 is 1.43 bits per heavy atom. The molecular formula is C13H15FN2O5. The lowest BCUT2D eigenvalue weighted by Gasteiger charge is -2.14. The Kier molecular flexibility index (Phi) is 5.65. The van der Waals surface area contributed by atoms with Gasteiger partial charge in [-0.25, -0.2) is 9.18 Å². The minimum Gasteiger partial charge on any atom is -0.480 e. The van der Waals surface area contributed by atoms with Crippen LogP contribution in [0.5, 0.6) is 0 Å². The number of hydrogen-bond acceptors (Lipinski definition) is 5. The van der Waals surface area contributed by atoms with Crippen LogP contribution in [-0.2, 0) is 14.3 Å². The van der Waals surface area contributed by atoms with Gasteiger partial charge in [-0.15, -0.1) is 0 Å². The fourth-order valence-corrected chi connectivity index (χ4v) is 1.57. The molecule has 0 fully saturated rings. The van der Waals surface area contributed by atoms with Crippen molar-refractivity contribution in [1.82, 2.24) is 5.32 Å². The zero-order valence-electron chi connectivity index (χ0n) is 11.3. The molecule has 0 unspecified atom stereocenters. The zero-order valence-corrected chi connectivity index (χ0v) is 11.3. The molecule has 0 heterocycles. The Balaban J connectivity index is 2.76. The Morgan fingerprint density at radius 2 is 2.10 bits per heavy atom. The van der Waals surface area contributed by atoms with E-state index < -0.39 is 29.7 Å². The van der Waals surface area contributed by atoms with Gasteiger partial charge in [-0.3, -0.25) is 9.59 Å². The molecule has 4 N–H and O–H groups in total. The summed E-state index contributed by atoms with van der Waals surface area (Å²) in [7, 11) is 1.17. The van der Waals surface area contributed by atoms with E-state index in [1.807, 2.05) is 0 Å². The highest BCUT2D eigenvalue weighted by Gasteiger charge is 2.23. The Bertz CT molecular complexity index is 561. The summed E-state index contributed by atoms with van der Waals surface area (Å²) < 4.78 is 17.9. The Labute approximate surface area is 119 Å². The van der Waals surface area contributed by atoms with E-state index in [1.165, 1.54) is 13.2 Å². The quantitative estimate of drug-likeness (QED) is 0.521. The standard InChI is InChI=1S/C13H15FN2O5/c1-21-11(17)5-4-10(13(19)20)16-12(18)8-3-2-7(15)6-9(8)14/h2-3,6,10H,4-5,15H2,1H3,(H,16,18)(H,19,20)/t10-/m0/s1. The fraction of sp³-hybridized carbons (Fsp3) is 0.308. The van der Waals surface area contributed by atoms with E-state index in [4.69, 9.17) is 10.8 Å². The van der Waals surface area contributed by atoms with Crippen molar-refractivity contribution in [2.45, 2.75) is 18.9 Å². The highest BCUT2D eigenvalue weighted by molar-refractivity contribution is 5.97. The minimum atomic E-state index is -1.33. The first-order valence-electron chi connectivity index (χ1n) is 6.00. The van der Waals surface area contributed by atoms with Crippen molar-refractivity contribution in [2.75, 3.05) is 12.8 Å². The van der Waals surface area contributed by atoms with Crippen LogP contribution in [0.3, 0.4) is 0 Å². The van der Waals surface area contributed by atoms with Crippen molar-refractivity contribution in [3.63, 3.8) is 0 Å². The second-order valence-electron chi connectivity index (χ2n) is 4.22. The number of nitrogens with one attached hydrogen (secondary N) is 1. The van der Waals surface area contributed by atoms with Gasteiger partial charge in [-0.1, -0.05) is 0 Å². The van der Waals surface area contributed by atoms with Gasteiger partial charge in [0, 0.05) is 12.1 Å². The predicted octanol–water partition coefficient (Wildman–Crippen LogP) is 0.544. The van der Waals surface area contributed by atoms with Crippen LogP contribution in [0.25, 0.3) is 0 Å². The van der Waals surface area contributed by atoms with Gasteiger partial charge in [0.25, 0.3) is 5.91 Å². The number of carbonyl (C=O) groups is 3. The van der Waals surface area contributed by atoms with Gasteiger partial charge in [-0.2, -0.15) is 0 Å². The van der Waals surface area contributed by atoms with Crippen molar-refractivity contribution in [3.8, 4) is 0 Å². The molecule has 0 aromatic heterocycles. The lowest BCUT2D eigenvalue weighted by Crippen LogP contribution is -2.41. The van der Waals surface area contributed by atoms with Gasteiger partial charge < -0.3 is 20.9 Å². The lowest BCUT2D eigenvalue weighted by molar-refractivity contribution is -0.142. The Hall–Kier alpha value is -2.64. The molecule has 7 nitrogen and oxygen atoms in total. The smallest absolute Gasteiger partial charge is 0.326 e. The van der Waals surface area contributed by atoms with E-state index in [0.717, 1.165) is 12.1 Å². The number of methoxy groups -OCH3 is 1. The van der Waals surface area contributed by atoms with Gasteiger partial charge in [0.15, 0.2) is 0 Å². The van der Waals surface area contributed by atoms with Gasteiger partial charge in [-0.05, 0) is 24.6 Å². The monoisotopic (exact) mass is 298 g/mol. The number of aliphatic carboxylic acids is 1. The summed E-state index contributed by atoms with van der Waals surface area (Å²) in [6, 6.07) is 2.11. The lowest BCUT2D eigenvalue weighted by atomic mass is 10.1. The van der Waals surface area contributed by atoms with Crippen LogP contribution in [0.1, 0.15) is 23.2 Å². The zero-order chi connectivity index (χ0) is 16.0. The maximum atomic E-state index is 13.6. The number of ether oxygens (including phenoxy) is 1. The molecule has 0 spiro atoms. The minimum absolute atomic E-state index is 0.143. The molecule has 0 saturated carbocycles. The molecule has 0 aliphatic rings. The number of carboxylic acid groups (broad SMARTS) is 1. The van der Waals surface area contributed by atoms with E-state index >= 15 is 0 Å². The number of benzene rings is 1. The van der Waals surface area contributed by atoms with Crippen LogP contribution in [0.4, 0.5) is 10.1 Å². The van der Waals surface area contributed by atoms with E-state index in [2.05, 4.69) is 10.1 Å². The van der Waals surface area contributed by atoms with Gasteiger partial charge >= 0.3 is 11.9 Å². The molecule has 1 aromatic carbocycles. The van der Waals surface area contributed by atoms with Gasteiger partial charge in [0.05, 0.1) is 12.7 Å². The molecule has 0 aliphatic carbocycles. The molecule has 0 aliphatic heterocycles. The van der Waals surface area contributed by atoms with E-state index in [0.29, 0.717) is 0 Å². The predicted molar refractivity (Wildman–Crippen MR) is 71.0 cm³/mol. The molecule has 0 bridgehead atoms. The summed E-state index contributed by atoms with van der Waals surface area (Å²) in [6.45, 7) is 0. The topological polar surface area (TPSA) is 119 Å². The van der Waals surface area contributed by atoms with Crippen molar-refractivity contribution >= 4 is 23.5 Å². The second-order valence-corrected chi connectivity index (χ2v) is 4.22. The fourth-order valence-electron chi connectivity index (χ4n) is 1.57. The first-order chi connectivity index (χ1) is 9.85. The summed E-state index contributed by atoms with van der Waals surface area (Å²) in [6.07, 6.45) is -0.345. The van der Waals surface area contributed by atoms with Crippen LogP contribution >= 0.6 is 0 Å². The number of nitrogens with two attached hydrogens (primary N) is 1. The molecule has 21 heavy (non-hydrogen) atoms. The number of halogens is 1. The molecule has 1 atom stereocenters. The second kappa shape index (κ2) is 7.22. The maximum absolute atomic E-state index is 13.6. The number of carbonyl (C=O) groups excluding carboxylic acids is 2. The van der Waals surface area contributed by atoms with Crippen LogP contribution < -0.4 is 11.1 Å². The average molecular weight is 298 g/mol. The third kappa shape index (κ3) is 4.75. The number of hydrogen-bond donors (Lipinski definition) is 3. The number of carboxylic acids is 1. The van der Waals surface area contributed by atoms with Gasteiger partial charge in [0.2, 0.25) is 0 Å². The van der Waals surface area contributed by atoms with E-state index in [9.17, 15) is 18.8 Å². The third-order valence-electron chi connectivity index (χ3n) is 2.71. The molecule has 114 valence electrons. The molecular weight excluding hydrogens is 283 g/mol. The maximum Gasteiger partial charge on any atom is 0.326 e. The van der Waals surface area contributed by atoms with Crippen molar-refractivity contribution in [2.24, 2.45) is 0 Å². The number of rotatable bonds is 6. The largest absolute Gasteiger partial charge is 0.480 e. The average Bonchev–Trinajstić information content (AvgIpc) is 2.42. The highest BCUT2D eigenvalue weighted by atomic mass is 19.1. The third-order valence-corrected chi connectivity index (χ3v) is 2.71. The summed E-state index contributed by atoms with van der Waals surface area (Å²) in [5, 5.41) is 11.1. The molecule has 1 amide bonds. The van der Waals surface area contributed by atoms with Crippen molar-refractivity contribution in [1.29, 1.82) is 0 Å². The van der Waals surface area contributed by atoms with Crippen LogP contribution in [-0.4, -0.2) is 36.1 Å². The van der Waals surface area contributed by atoms with Crippen LogP contribution in [0, 0.1) is 5.82 Å². The summed E-state index contributed by atoms with van der Waals surface area (Å²) in [5.74, 6) is -3.69. The molecule has 1 rings (SSSR count). The SMILES string of the molecule is COC(=O)CC[C@H](NC(=O)c1ccc(N)cc1F)C(=O)O. The summed E-state index contributed by atoms with van der Waals surface area (Å²) >= 11 is 0. The van der Waals surface area contributed by atoms with Gasteiger partial charge in [0.1, 0.15) is 11.9 Å². The van der Waals surface area contributed by atoms with E-state index in [-0.39, 0.29) is 24.1 Å². The highest BCUT2D eigenvalue weighted by Crippen LogP contribution is 2.12. The number of anilines is 1. The number of amides is 1. The summed E-state index contributed by atoms with van der Waals surface area (Å²) in [4.78, 5) is 33.8. The summed E-state index contributed by atoms with van der Waals surface area (Å²) in [5.41, 5.74) is 5.17. The number of nitrogen functional groups attached to an aromatic ring is 1. The van der Waals surface area contributed by atoms with Crippen LogP contribution in [0.2, 0.25) is 0 Å². The van der Waals surface area contributed by atoms with Crippen molar-refractivity contribution < 1.29 is 28.6 Å².